The summed E-state index contributed by atoms with van der Waals surface area (Å²) in [5, 5.41) is 3.45. The van der Waals surface area contributed by atoms with Crippen LogP contribution in [0, 0.1) is 11.8 Å². The first kappa shape index (κ1) is 12.4. The van der Waals surface area contributed by atoms with Crippen molar-refractivity contribution >= 4 is 0 Å². The second kappa shape index (κ2) is 5.50. The molecular formula is C14H22N2O. The molecule has 3 nitrogen and oxygen atoms in total. The highest BCUT2D eigenvalue weighted by atomic mass is 16.5. The molecule has 0 spiro atoms. The zero-order valence-corrected chi connectivity index (χ0v) is 10.9. The van der Waals surface area contributed by atoms with Crippen molar-refractivity contribution in [1.29, 1.82) is 0 Å². The van der Waals surface area contributed by atoms with E-state index in [1.165, 1.54) is 24.8 Å². The summed E-state index contributed by atoms with van der Waals surface area (Å²) < 4.78 is 5.25. The molecule has 1 saturated carbocycles. The van der Waals surface area contributed by atoms with Gasteiger partial charge in [-0.2, -0.15) is 0 Å². The van der Waals surface area contributed by atoms with Gasteiger partial charge in [-0.15, -0.1) is 0 Å². The molecule has 2 rings (SSSR count). The Bertz CT molecular complexity index is 367. The number of ether oxygens (including phenoxy) is 1. The van der Waals surface area contributed by atoms with Gasteiger partial charge < -0.3 is 10.1 Å². The third-order valence-corrected chi connectivity index (χ3v) is 4.00. The van der Waals surface area contributed by atoms with E-state index in [0.717, 1.165) is 11.7 Å². The van der Waals surface area contributed by atoms with E-state index in [9.17, 15) is 0 Å². The number of hydrogen-bond acceptors (Lipinski definition) is 3. The minimum absolute atomic E-state index is 0.398. The lowest BCUT2D eigenvalue weighted by Crippen LogP contribution is -2.27. The lowest BCUT2D eigenvalue weighted by molar-refractivity contribution is 0.313. The van der Waals surface area contributed by atoms with Crippen molar-refractivity contribution in [3.8, 4) is 5.75 Å². The second-order valence-corrected chi connectivity index (χ2v) is 5.00. The molecule has 1 aliphatic carbocycles. The van der Waals surface area contributed by atoms with Crippen LogP contribution in [-0.4, -0.2) is 19.1 Å². The summed E-state index contributed by atoms with van der Waals surface area (Å²) in [4.78, 5) is 4.26. The van der Waals surface area contributed by atoms with Crippen LogP contribution in [0.5, 0.6) is 5.75 Å². The van der Waals surface area contributed by atoms with Gasteiger partial charge in [0.15, 0.2) is 0 Å². The highest BCUT2D eigenvalue weighted by Crippen LogP contribution is 2.40. The zero-order chi connectivity index (χ0) is 12.3. The molecule has 0 saturated heterocycles. The molecule has 1 aromatic rings. The quantitative estimate of drug-likeness (QED) is 0.870. The third kappa shape index (κ3) is 2.60. The topological polar surface area (TPSA) is 34.2 Å². The normalized spacial score (nSPS) is 25.8. The van der Waals surface area contributed by atoms with E-state index in [1.54, 1.807) is 13.3 Å². The molecule has 0 aliphatic heterocycles. The Balaban J connectivity index is 2.21. The predicted octanol–water partition coefficient (Wildman–Crippen LogP) is 2.79. The maximum absolute atomic E-state index is 5.25. The van der Waals surface area contributed by atoms with Crippen LogP contribution < -0.4 is 10.1 Å². The molecule has 1 N–H and O–H groups in total. The average molecular weight is 234 g/mol. The summed E-state index contributed by atoms with van der Waals surface area (Å²) in [5.41, 5.74) is 1.24. The zero-order valence-electron chi connectivity index (χ0n) is 10.9. The largest absolute Gasteiger partial charge is 0.495 e. The lowest BCUT2D eigenvalue weighted by atomic mass is 9.86. The first-order valence-corrected chi connectivity index (χ1v) is 6.42. The van der Waals surface area contributed by atoms with Crippen molar-refractivity contribution in [3.63, 3.8) is 0 Å². The summed E-state index contributed by atoms with van der Waals surface area (Å²) >= 11 is 0. The predicted molar refractivity (Wildman–Crippen MR) is 69.1 cm³/mol. The molecule has 17 heavy (non-hydrogen) atoms. The van der Waals surface area contributed by atoms with Gasteiger partial charge in [0.1, 0.15) is 5.75 Å². The van der Waals surface area contributed by atoms with E-state index in [2.05, 4.69) is 23.3 Å². The van der Waals surface area contributed by atoms with Crippen molar-refractivity contribution in [1.82, 2.24) is 10.3 Å². The van der Waals surface area contributed by atoms with Gasteiger partial charge >= 0.3 is 0 Å². The van der Waals surface area contributed by atoms with Crippen LogP contribution in [0.3, 0.4) is 0 Å². The number of aromatic nitrogens is 1. The van der Waals surface area contributed by atoms with Gasteiger partial charge in [-0.3, -0.25) is 4.98 Å². The van der Waals surface area contributed by atoms with E-state index in [1.807, 2.05) is 13.2 Å². The highest BCUT2D eigenvalue weighted by Gasteiger charge is 2.31. The Kier molecular flexibility index (Phi) is 4.00. The Labute approximate surface area is 104 Å². The number of hydrogen-bond donors (Lipinski definition) is 1. The average Bonchev–Trinajstić information content (AvgIpc) is 2.77. The molecule has 0 bridgehead atoms. The van der Waals surface area contributed by atoms with Crippen LogP contribution in [0.15, 0.2) is 18.5 Å². The Hall–Kier alpha value is -1.09. The third-order valence-electron chi connectivity index (χ3n) is 4.00. The highest BCUT2D eigenvalue weighted by molar-refractivity contribution is 5.26. The molecular weight excluding hydrogens is 212 g/mol. The summed E-state index contributed by atoms with van der Waals surface area (Å²) in [6.45, 7) is 2.36. The standard InChI is InChI=1S/C14H22N2O/c1-10-5-4-6-13(10)14(15-2)11-7-12(17-3)9-16-8-11/h7-10,13-15H,4-6H2,1-3H3. The fourth-order valence-corrected chi connectivity index (χ4v) is 3.01. The second-order valence-electron chi connectivity index (χ2n) is 5.00. The number of rotatable bonds is 4. The van der Waals surface area contributed by atoms with Gasteiger partial charge in [-0.25, -0.2) is 0 Å². The van der Waals surface area contributed by atoms with Crippen LogP contribution in [0.4, 0.5) is 0 Å². The summed E-state index contributed by atoms with van der Waals surface area (Å²) in [7, 11) is 3.72. The minimum atomic E-state index is 0.398. The molecule has 3 atom stereocenters. The van der Waals surface area contributed by atoms with Gasteiger partial charge in [0.05, 0.1) is 13.3 Å². The molecule has 1 aromatic heterocycles. The molecule has 1 heterocycles. The Morgan fingerprint density at radius 1 is 1.41 bits per heavy atom. The maximum Gasteiger partial charge on any atom is 0.137 e. The SMILES string of the molecule is CNC(c1cncc(OC)c1)C1CCCC1C. The molecule has 3 heteroatoms. The van der Waals surface area contributed by atoms with Gasteiger partial charge in [0.2, 0.25) is 0 Å². The molecule has 0 amide bonds. The van der Waals surface area contributed by atoms with Gasteiger partial charge in [-0.05, 0) is 36.9 Å². The number of methoxy groups -OCH3 is 1. The van der Waals surface area contributed by atoms with Crippen LogP contribution >= 0.6 is 0 Å². The van der Waals surface area contributed by atoms with E-state index >= 15 is 0 Å². The smallest absolute Gasteiger partial charge is 0.137 e. The molecule has 0 aromatic carbocycles. The molecule has 0 radical (unpaired) electrons. The summed E-state index contributed by atoms with van der Waals surface area (Å²) in [6, 6.07) is 2.49. The van der Waals surface area contributed by atoms with E-state index in [-0.39, 0.29) is 0 Å². The van der Waals surface area contributed by atoms with Crippen molar-refractivity contribution in [3.05, 3.63) is 24.0 Å². The van der Waals surface area contributed by atoms with E-state index < -0.39 is 0 Å². The fourth-order valence-electron chi connectivity index (χ4n) is 3.01. The maximum atomic E-state index is 5.25. The number of nitrogens with one attached hydrogen (secondary N) is 1. The van der Waals surface area contributed by atoms with Crippen molar-refractivity contribution in [2.75, 3.05) is 14.2 Å². The Morgan fingerprint density at radius 2 is 2.24 bits per heavy atom. The molecule has 94 valence electrons. The summed E-state index contributed by atoms with van der Waals surface area (Å²) in [5.74, 6) is 2.35. The van der Waals surface area contributed by atoms with Crippen LogP contribution in [-0.2, 0) is 0 Å². The van der Waals surface area contributed by atoms with Gasteiger partial charge in [0.25, 0.3) is 0 Å². The minimum Gasteiger partial charge on any atom is -0.495 e. The Morgan fingerprint density at radius 3 is 2.82 bits per heavy atom. The first-order chi connectivity index (χ1) is 8.26. The van der Waals surface area contributed by atoms with Gasteiger partial charge in [0, 0.05) is 12.2 Å². The first-order valence-electron chi connectivity index (χ1n) is 6.42. The number of nitrogens with zero attached hydrogens (tertiary/aromatic N) is 1. The monoisotopic (exact) mass is 234 g/mol. The van der Waals surface area contributed by atoms with Crippen molar-refractivity contribution in [2.24, 2.45) is 11.8 Å². The number of pyridine rings is 1. The molecule has 1 fully saturated rings. The summed E-state index contributed by atoms with van der Waals surface area (Å²) in [6.07, 6.45) is 7.72. The van der Waals surface area contributed by atoms with Crippen LogP contribution in [0.2, 0.25) is 0 Å². The lowest BCUT2D eigenvalue weighted by Gasteiger charge is -2.27. The van der Waals surface area contributed by atoms with Crippen molar-refractivity contribution < 1.29 is 4.74 Å². The van der Waals surface area contributed by atoms with Crippen LogP contribution in [0.25, 0.3) is 0 Å². The fraction of sp³-hybridized carbons (Fsp3) is 0.643. The van der Waals surface area contributed by atoms with Gasteiger partial charge in [-0.1, -0.05) is 19.8 Å². The molecule has 1 aliphatic rings. The van der Waals surface area contributed by atoms with E-state index in [0.29, 0.717) is 12.0 Å². The molecule has 3 unspecified atom stereocenters. The van der Waals surface area contributed by atoms with Crippen molar-refractivity contribution in [2.45, 2.75) is 32.2 Å². The van der Waals surface area contributed by atoms with Crippen LogP contribution in [0.1, 0.15) is 37.8 Å². The van der Waals surface area contributed by atoms with E-state index in [4.69, 9.17) is 4.74 Å².